The van der Waals surface area contributed by atoms with Crippen LogP contribution < -0.4 is 4.90 Å². The van der Waals surface area contributed by atoms with E-state index in [9.17, 15) is 15.2 Å². The third-order valence-electron chi connectivity index (χ3n) is 3.87. The molecule has 0 unspecified atom stereocenters. The Morgan fingerprint density at radius 3 is 2.56 bits per heavy atom. The van der Waals surface area contributed by atoms with Gasteiger partial charge in [-0.25, -0.2) is 0 Å². The van der Waals surface area contributed by atoms with Crippen molar-refractivity contribution in [2.24, 2.45) is 4.99 Å². The van der Waals surface area contributed by atoms with E-state index in [1.165, 1.54) is 18.3 Å². The minimum atomic E-state index is -0.490. The second kappa shape index (κ2) is 7.79. The Balaban J connectivity index is 1.79. The van der Waals surface area contributed by atoms with E-state index in [0.29, 0.717) is 14.8 Å². The van der Waals surface area contributed by atoms with Gasteiger partial charge in [0.25, 0.3) is 5.69 Å². The van der Waals surface area contributed by atoms with Crippen molar-refractivity contribution in [1.82, 2.24) is 0 Å². The molecule has 0 spiro atoms. The number of hydrogen-bond acceptors (Lipinski definition) is 6. The maximum atomic E-state index is 10.9. The summed E-state index contributed by atoms with van der Waals surface area (Å²) in [6, 6.07) is 10.3. The first-order valence-corrected chi connectivity index (χ1v) is 8.76. The molecule has 3 rings (SSSR count). The van der Waals surface area contributed by atoms with Gasteiger partial charge in [0.05, 0.1) is 27.4 Å². The van der Waals surface area contributed by atoms with Crippen LogP contribution in [0.3, 0.4) is 0 Å². The van der Waals surface area contributed by atoms with Crippen molar-refractivity contribution < 1.29 is 14.8 Å². The van der Waals surface area contributed by atoms with Crippen LogP contribution in [-0.2, 0) is 4.74 Å². The Labute approximate surface area is 158 Å². The predicted molar refractivity (Wildman–Crippen MR) is 104 cm³/mol. The third-order valence-corrected chi connectivity index (χ3v) is 4.69. The van der Waals surface area contributed by atoms with Gasteiger partial charge in [0.15, 0.2) is 0 Å². The van der Waals surface area contributed by atoms with Gasteiger partial charge < -0.3 is 14.7 Å². The normalized spacial score (nSPS) is 14.8. The first-order valence-electron chi connectivity index (χ1n) is 7.68. The number of nitro benzene ring substituents is 1. The van der Waals surface area contributed by atoms with Crippen LogP contribution in [0.1, 0.15) is 5.56 Å². The van der Waals surface area contributed by atoms with Crippen LogP contribution in [0.4, 0.5) is 17.1 Å². The highest BCUT2D eigenvalue weighted by molar-refractivity contribution is 14.1. The second-order valence-corrected chi connectivity index (χ2v) is 6.66. The van der Waals surface area contributed by atoms with Gasteiger partial charge in [0, 0.05) is 42.7 Å². The van der Waals surface area contributed by atoms with Crippen LogP contribution in [0.5, 0.6) is 5.75 Å². The van der Waals surface area contributed by atoms with E-state index < -0.39 is 4.92 Å². The predicted octanol–water partition coefficient (Wildman–Crippen LogP) is 3.49. The van der Waals surface area contributed by atoms with Crippen molar-refractivity contribution in [2.45, 2.75) is 0 Å². The van der Waals surface area contributed by atoms with Crippen molar-refractivity contribution in [2.75, 3.05) is 31.2 Å². The minimum absolute atomic E-state index is 0.0140. The van der Waals surface area contributed by atoms with Gasteiger partial charge >= 0.3 is 0 Å². The number of non-ortho nitro benzene ring substituents is 1. The summed E-state index contributed by atoms with van der Waals surface area (Å²) in [4.78, 5) is 17.0. The molecule has 2 aromatic carbocycles. The Morgan fingerprint density at radius 2 is 1.92 bits per heavy atom. The van der Waals surface area contributed by atoms with Crippen LogP contribution in [0.15, 0.2) is 41.4 Å². The quantitative estimate of drug-likeness (QED) is 0.332. The van der Waals surface area contributed by atoms with Gasteiger partial charge in [-0.3, -0.25) is 15.1 Å². The lowest BCUT2D eigenvalue weighted by Gasteiger charge is -2.28. The Kier molecular flexibility index (Phi) is 5.49. The van der Waals surface area contributed by atoms with Crippen LogP contribution in [0, 0.1) is 13.7 Å². The monoisotopic (exact) mass is 453 g/mol. The van der Waals surface area contributed by atoms with Crippen molar-refractivity contribution >= 4 is 45.9 Å². The molecule has 130 valence electrons. The standard InChI is InChI=1S/C17H16IN3O4/c18-16-10-15(21(23)24)9-12(17(16)22)11-19-13-1-3-14(4-2-13)20-5-7-25-8-6-20/h1-4,9-11,22H,5-8H2. The molecule has 8 heteroatoms. The van der Waals surface area contributed by atoms with Crippen molar-refractivity contribution in [3.05, 3.63) is 55.6 Å². The molecule has 0 aromatic heterocycles. The Hall–Kier alpha value is -2.20. The number of aromatic hydroxyl groups is 1. The topological polar surface area (TPSA) is 88.2 Å². The zero-order valence-electron chi connectivity index (χ0n) is 13.3. The summed E-state index contributed by atoms with van der Waals surface area (Å²) in [6.07, 6.45) is 1.44. The van der Waals surface area contributed by atoms with Crippen molar-refractivity contribution in [1.29, 1.82) is 0 Å². The number of phenols is 1. The van der Waals surface area contributed by atoms with Crippen molar-refractivity contribution in [3.63, 3.8) is 0 Å². The van der Waals surface area contributed by atoms with Gasteiger partial charge in [0.1, 0.15) is 5.75 Å². The van der Waals surface area contributed by atoms with Crippen LogP contribution in [-0.4, -0.2) is 42.5 Å². The summed E-state index contributed by atoms with van der Waals surface area (Å²) < 4.78 is 5.76. The highest BCUT2D eigenvalue weighted by Gasteiger charge is 2.14. The fourth-order valence-corrected chi connectivity index (χ4v) is 3.15. The number of anilines is 1. The molecule has 0 bridgehead atoms. The average Bonchev–Trinajstić information content (AvgIpc) is 2.64. The van der Waals surface area contributed by atoms with E-state index >= 15 is 0 Å². The smallest absolute Gasteiger partial charge is 0.271 e. The lowest BCUT2D eigenvalue weighted by Crippen LogP contribution is -2.36. The number of nitrogens with zero attached hydrogens (tertiary/aromatic N) is 3. The maximum Gasteiger partial charge on any atom is 0.271 e. The largest absolute Gasteiger partial charge is 0.506 e. The highest BCUT2D eigenvalue weighted by atomic mass is 127. The maximum absolute atomic E-state index is 10.9. The number of rotatable bonds is 4. The summed E-state index contributed by atoms with van der Waals surface area (Å²) in [5, 5.41) is 21.0. The number of halogens is 1. The molecule has 1 saturated heterocycles. The molecular formula is C17H16IN3O4. The molecule has 0 radical (unpaired) electrons. The van der Waals surface area contributed by atoms with Gasteiger partial charge in [-0.2, -0.15) is 0 Å². The molecule has 1 aliphatic heterocycles. The molecule has 2 aromatic rings. The van der Waals surface area contributed by atoms with E-state index in [2.05, 4.69) is 9.89 Å². The first kappa shape index (κ1) is 17.6. The number of ether oxygens (including phenoxy) is 1. The molecular weight excluding hydrogens is 437 g/mol. The summed E-state index contributed by atoms with van der Waals surface area (Å²) in [6.45, 7) is 3.18. The van der Waals surface area contributed by atoms with E-state index in [1.807, 2.05) is 46.9 Å². The molecule has 1 N–H and O–H groups in total. The minimum Gasteiger partial charge on any atom is -0.506 e. The van der Waals surface area contributed by atoms with E-state index in [0.717, 1.165) is 32.0 Å². The molecule has 0 saturated carbocycles. The first-order chi connectivity index (χ1) is 12.0. The molecule has 0 aliphatic carbocycles. The van der Waals surface area contributed by atoms with Crippen LogP contribution >= 0.6 is 22.6 Å². The van der Waals surface area contributed by atoms with Gasteiger partial charge in [-0.15, -0.1) is 0 Å². The molecule has 0 amide bonds. The second-order valence-electron chi connectivity index (χ2n) is 5.50. The molecule has 0 atom stereocenters. The average molecular weight is 453 g/mol. The third kappa shape index (κ3) is 4.26. The summed E-state index contributed by atoms with van der Waals surface area (Å²) in [5.41, 5.74) is 2.05. The van der Waals surface area contributed by atoms with Crippen LogP contribution in [0.2, 0.25) is 0 Å². The fourth-order valence-electron chi connectivity index (χ4n) is 2.52. The number of nitro groups is 1. The number of hydrogen-bond donors (Lipinski definition) is 1. The molecule has 7 nitrogen and oxygen atoms in total. The van der Waals surface area contributed by atoms with Crippen molar-refractivity contribution in [3.8, 4) is 5.75 Å². The molecule has 1 heterocycles. The lowest BCUT2D eigenvalue weighted by molar-refractivity contribution is -0.385. The number of phenolic OH excluding ortho intramolecular Hbond substituents is 1. The van der Waals surface area contributed by atoms with E-state index in [4.69, 9.17) is 4.74 Å². The summed E-state index contributed by atoms with van der Waals surface area (Å²) in [5.74, 6) is -0.0140. The number of morpholine rings is 1. The summed E-state index contributed by atoms with van der Waals surface area (Å²) in [7, 11) is 0. The Bertz CT molecular complexity index is 802. The fraction of sp³-hybridized carbons (Fsp3) is 0.235. The molecule has 1 fully saturated rings. The van der Waals surface area contributed by atoms with E-state index in [-0.39, 0.29) is 11.4 Å². The zero-order chi connectivity index (χ0) is 17.8. The van der Waals surface area contributed by atoms with Crippen LogP contribution in [0.25, 0.3) is 0 Å². The van der Waals surface area contributed by atoms with E-state index in [1.54, 1.807) is 0 Å². The summed E-state index contributed by atoms with van der Waals surface area (Å²) >= 11 is 1.86. The number of aliphatic imine (C=N–C) groups is 1. The zero-order valence-corrected chi connectivity index (χ0v) is 15.4. The molecule has 1 aliphatic rings. The number of benzene rings is 2. The van der Waals surface area contributed by atoms with Gasteiger partial charge in [-0.1, -0.05) is 0 Å². The highest BCUT2D eigenvalue weighted by Crippen LogP contribution is 2.29. The SMILES string of the molecule is O=[N+]([O-])c1cc(I)c(O)c(C=Nc2ccc(N3CCOCC3)cc2)c1. The van der Waals surface area contributed by atoms with Gasteiger partial charge in [-0.05, 0) is 46.9 Å². The van der Waals surface area contributed by atoms with Gasteiger partial charge in [0.2, 0.25) is 0 Å². The Morgan fingerprint density at radius 1 is 1.24 bits per heavy atom. The lowest BCUT2D eigenvalue weighted by atomic mass is 10.2. The molecule has 25 heavy (non-hydrogen) atoms.